The molecule has 1 N–H and O–H groups in total. The molecule has 0 saturated heterocycles. The van der Waals surface area contributed by atoms with Crippen molar-refractivity contribution in [3.05, 3.63) is 92.6 Å². The van der Waals surface area contributed by atoms with Gasteiger partial charge in [-0.05, 0) is 36.5 Å². The van der Waals surface area contributed by atoms with Crippen LogP contribution in [0.5, 0.6) is 5.88 Å². The van der Waals surface area contributed by atoms with Crippen molar-refractivity contribution in [2.75, 3.05) is 0 Å². The molecule has 4 rings (SSSR count). The van der Waals surface area contributed by atoms with E-state index in [1.165, 1.54) is 9.13 Å². The van der Waals surface area contributed by atoms with E-state index in [0.29, 0.717) is 11.3 Å². The number of nitrogens with zero attached hydrogens (tertiary/aromatic N) is 2. The average Bonchev–Trinajstić information content (AvgIpc) is 2.74. The lowest BCUT2D eigenvalue weighted by atomic mass is 9.85. The SMILES string of the molecule is O=c1c(C2CCCCC2)c(O)n(Cc2ccccc2)c(=O)n1-c1ccccc1. The van der Waals surface area contributed by atoms with Crippen molar-refractivity contribution in [2.45, 2.75) is 44.6 Å². The second-order valence-electron chi connectivity index (χ2n) is 7.40. The molecule has 2 aromatic carbocycles. The quantitative estimate of drug-likeness (QED) is 0.753. The molecule has 144 valence electrons. The van der Waals surface area contributed by atoms with Crippen LogP contribution in [0, 0.1) is 0 Å². The maximum Gasteiger partial charge on any atom is 0.338 e. The van der Waals surface area contributed by atoms with E-state index in [0.717, 1.165) is 37.7 Å². The molecule has 1 saturated carbocycles. The third-order valence-corrected chi connectivity index (χ3v) is 5.56. The Labute approximate surface area is 163 Å². The third kappa shape index (κ3) is 3.40. The molecule has 0 bridgehead atoms. The van der Waals surface area contributed by atoms with Crippen molar-refractivity contribution in [3.63, 3.8) is 0 Å². The van der Waals surface area contributed by atoms with Crippen molar-refractivity contribution in [2.24, 2.45) is 0 Å². The van der Waals surface area contributed by atoms with Crippen LogP contribution in [0.25, 0.3) is 5.69 Å². The van der Waals surface area contributed by atoms with Gasteiger partial charge in [-0.25, -0.2) is 9.36 Å². The molecule has 0 amide bonds. The lowest BCUT2D eigenvalue weighted by Gasteiger charge is -2.24. The van der Waals surface area contributed by atoms with Crippen LogP contribution in [0.3, 0.4) is 0 Å². The first-order valence-electron chi connectivity index (χ1n) is 9.85. The summed E-state index contributed by atoms with van der Waals surface area (Å²) in [6, 6.07) is 18.5. The fourth-order valence-corrected chi connectivity index (χ4v) is 4.12. The van der Waals surface area contributed by atoms with Crippen molar-refractivity contribution in [1.82, 2.24) is 9.13 Å². The number of hydrogen-bond donors (Lipinski definition) is 1. The number of benzene rings is 2. The molecule has 0 atom stereocenters. The van der Waals surface area contributed by atoms with E-state index in [1.54, 1.807) is 24.3 Å². The van der Waals surface area contributed by atoms with Crippen LogP contribution in [-0.4, -0.2) is 14.2 Å². The summed E-state index contributed by atoms with van der Waals surface area (Å²) >= 11 is 0. The van der Waals surface area contributed by atoms with Crippen LogP contribution < -0.4 is 11.2 Å². The molecule has 1 aliphatic rings. The summed E-state index contributed by atoms with van der Waals surface area (Å²) < 4.78 is 2.53. The molecule has 0 unspecified atom stereocenters. The van der Waals surface area contributed by atoms with Gasteiger partial charge in [-0.1, -0.05) is 67.8 Å². The summed E-state index contributed by atoms with van der Waals surface area (Å²) in [5, 5.41) is 11.0. The molecule has 1 aliphatic carbocycles. The van der Waals surface area contributed by atoms with E-state index in [9.17, 15) is 14.7 Å². The number of para-hydroxylation sites is 1. The summed E-state index contributed by atoms with van der Waals surface area (Å²) in [6.07, 6.45) is 4.94. The van der Waals surface area contributed by atoms with E-state index in [-0.39, 0.29) is 18.3 Å². The molecule has 3 aromatic rings. The normalized spacial score (nSPS) is 14.9. The maximum absolute atomic E-state index is 13.3. The largest absolute Gasteiger partial charge is 0.494 e. The van der Waals surface area contributed by atoms with Gasteiger partial charge in [0.25, 0.3) is 5.56 Å². The summed E-state index contributed by atoms with van der Waals surface area (Å²) in [5.74, 6) is -0.197. The molecule has 28 heavy (non-hydrogen) atoms. The standard InChI is InChI=1S/C23H24N2O3/c26-21-20(18-12-6-2-7-13-18)22(27)25(19-14-8-3-9-15-19)23(28)24(21)16-17-10-4-1-5-11-17/h1,3-5,8-11,14-15,18,26H,2,6-7,12-13,16H2. The zero-order chi connectivity index (χ0) is 19.5. The Balaban J connectivity index is 1.94. The Hall–Kier alpha value is -3.08. The Kier molecular flexibility index (Phi) is 5.15. The summed E-state index contributed by atoms with van der Waals surface area (Å²) in [4.78, 5) is 26.5. The highest BCUT2D eigenvalue weighted by Crippen LogP contribution is 2.34. The summed E-state index contributed by atoms with van der Waals surface area (Å²) in [7, 11) is 0. The smallest absolute Gasteiger partial charge is 0.338 e. The first-order chi connectivity index (χ1) is 13.7. The predicted octanol–water partition coefficient (Wildman–Crippen LogP) is 3.80. The molecule has 0 radical (unpaired) electrons. The minimum atomic E-state index is -0.517. The van der Waals surface area contributed by atoms with Crippen LogP contribution >= 0.6 is 0 Å². The highest BCUT2D eigenvalue weighted by molar-refractivity contribution is 5.36. The van der Waals surface area contributed by atoms with Crippen molar-refractivity contribution < 1.29 is 5.11 Å². The molecule has 0 aliphatic heterocycles. The first kappa shape index (κ1) is 18.3. The number of rotatable bonds is 4. The maximum atomic E-state index is 13.3. The average molecular weight is 376 g/mol. The Bertz CT molecular complexity index is 1060. The van der Waals surface area contributed by atoms with Gasteiger partial charge in [0.15, 0.2) is 0 Å². The molecule has 5 heteroatoms. The second-order valence-corrected chi connectivity index (χ2v) is 7.40. The highest BCUT2D eigenvalue weighted by Gasteiger charge is 2.27. The monoisotopic (exact) mass is 376 g/mol. The summed E-state index contributed by atoms with van der Waals surface area (Å²) in [6.45, 7) is 0.221. The predicted molar refractivity (Wildman–Crippen MR) is 109 cm³/mol. The lowest BCUT2D eigenvalue weighted by molar-refractivity contribution is 0.369. The van der Waals surface area contributed by atoms with Crippen LogP contribution in [-0.2, 0) is 6.54 Å². The molecule has 1 fully saturated rings. The number of aromatic nitrogens is 2. The Morgan fingerprint density at radius 1 is 0.857 bits per heavy atom. The van der Waals surface area contributed by atoms with Gasteiger partial charge < -0.3 is 5.11 Å². The van der Waals surface area contributed by atoms with Crippen molar-refractivity contribution in [3.8, 4) is 11.6 Å². The molecule has 0 spiro atoms. The molecule has 1 heterocycles. The van der Waals surface area contributed by atoms with Crippen LogP contribution in [0.4, 0.5) is 0 Å². The summed E-state index contributed by atoms with van der Waals surface area (Å²) in [5.41, 5.74) is 0.880. The van der Waals surface area contributed by atoms with Gasteiger partial charge in [0, 0.05) is 0 Å². The molecular formula is C23H24N2O3. The fourth-order valence-electron chi connectivity index (χ4n) is 4.12. The van der Waals surface area contributed by atoms with E-state index >= 15 is 0 Å². The lowest BCUT2D eigenvalue weighted by Crippen LogP contribution is -2.41. The fraction of sp³-hybridized carbons (Fsp3) is 0.304. The molecule has 5 nitrogen and oxygen atoms in total. The topological polar surface area (TPSA) is 64.2 Å². The van der Waals surface area contributed by atoms with Gasteiger partial charge in [-0.2, -0.15) is 0 Å². The molecule has 1 aromatic heterocycles. The number of aromatic hydroxyl groups is 1. The zero-order valence-corrected chi connectivity index (χ0v) is 15.8. The van der Waals surface area contributed by atoms with Gasteiger partial charge >= 0.3 is 5.69 Å². The van der Waals surface area contributed by atoms with Crippen LogP contribution in [0.2, 0.25) is 0 Å². The number of hydrogen-bond acceptors (Lipinski definition) is 3. The molecular weight excluding hydrogens is 352 g/mol. The third-order valence-electron chi connectivity index (χ3n) is 5.56. The van der Waals surface area contributed by atoms with Gasteiger partial charge in [0.1, 0.15) is 0 Å². The Morgan fingerprint density at radius 3 is 2.11 bits per heavy atom. The minimum absolute atomic E-state index is 0.0150. The van der Waals surface area contributed by atoms with Gasteiger partial charge in [0.05, 0.1) is 17.8 Å². The van der Waals surface area contributed by atoms with E-state index in [1.807, 2.05) is 36.4 Å². The highest BCUT2D eigenvalue weighted by atomic mass is 16.3. The van der Waals surface area contributed by atoms with Crippen LogP contribution in [0.15, 0.2) is 70.3 Å². The van der Waals surface area contributed by atoms with Gasteiger partial charge in [0.2, 0.25) is 5.88 Å². The van der Waals surface area contributed by atoms with E-state index < -0.39 is 11.2 Å². The minimum Gasteiger partial charge on any atom is -0.494 e. The van der Waals surface area contributed by atoms with Crippen molar-refractivity contribution in [1.29, 1.82) is 0 Å². The van der Waals surface area contributed by atoms with Crippen molar-refractivity contribution >= 4 is 0 Å². The second kappa shape index (κ2) is 7.89. The Morgan fingerprint density at radius 2 is 1.46 bits per heavy atom. The first-order valence-corrected chi connectivity index (χ1v) is 9.85. The zero-order valence-electron chi connectivity index (χ0n) is 15.8. The van der Waals surface area contributed by atoms with E-state index in [4.69, 9.17) is 0 Å². The van der Waals surface area contributed by atoms with Crippen LogP contribution in [0.1, 0.15) is 49.1 Å². The van der Waals surface area contributed by atoms with E-state index in [2.05, 4.69) is 0 Å². The van der Waals surface area contributed by atoms with Gasteiger partial charge in [-0.3, -0.25) is 9.36 Å². The van der Waals surface area contributed by atoms with Gasteiger partial charge in [-0.15, -0.1) is 0 Å².